The highest BCUT2D eigenvalue weighted by atomic mass is 35.5. The van der Waals surface area contributed by atoms with E-state index in [0.717, 1.165) is 16.7 Å². The second kappa shape index (κ2) is 8.19. The Morgan fingerprint density at radius 2 is 2.00 bits per heavy atom. The van der Waals surface area contributed by atoms with Crippen LogP contribution in [0, 0.1) is 0 Å². The number of rotatable bonds is 4. The SMILES string of the molecule is CC(C)O[C@H](C)C(=O)N1CCOc2c(O)cc(-c3cccc(Cl)c3)cc2C1. The molecule has 1 atom stereocenters. The lowest BCUT2D eigenvalue weighted by molar-refractivity contribution is -0.145. The normalized spacial score (nSPS) is 15.1. The quantitative estimate of drug-likeness (QED) is 0.849. The van der Waals surface area contributed by atoms with Crippen LogP contribution in [0.4, 0.5) is 0 Å². The van der Waals surface area contributed by atoms with Crippen molar-refractivity contribution in [2.45, 2.75) is 39.5 Å². The Labute approximate surface area is 164 Å². The maximum Gasteiger partial charge on any atom is 0.251 e. The van der Waals surface area contributed by atoms with Crippen LogP contribution in [-0.2, 0) is 16.1 Å². The predicted octanol–water partition coefficient (Wildman–Crippen LogP) is 4.25. The fourth-order valence-corrected chi connectivity index (χ4v) is 3.44. The second-order valence-electron chi connectivity index (χ2n) is 6.93. The van der Waals surface area contributed by atoms with Gasteiger partial charge < -0.3 is 19.5 Å². The number of hydrogen-bond acceptors (Lipinski definition) is 4. The van der Waals surface area contributed by atoms with Gasteiger partial charge in [0.05, 0.1) is 12.6 Å². The van der Waals surface area contributed by atoms with Gasteiger partial charge >= 0.3 is 0 Å². The first-order valence-corrected chi connectivity index (χ1v) is 9.42. The number of phenolic OH excluding ortho intramolecular Hbond substituents is 1. The zero-order chi connectivity index (χ0) is 19.6. The van der Waals surface area contributed by atoms with Crippen LogP contribution in [0.3, 0.4) is 0 Å². The van der Waals surface area contributed by atoms with Gasteiger partial charge in [0.2, 0.25) is 0 Å². The van der Waals surface area contributed by atoms with Crippen LogP contribution in [0.2, 0.25) is 5.02 Å². The van der Waals surface area contributed by atoms with Crippen LogP contribution < -0.4 is 4.74 Å². The van der Waals surface area contributed by atoms with Gasteiger partial charge in [-0.3, -0.25) is 4.79 Å². The van der Waals surface area contributed by atoms with Crippen LogP contribution >= 0.6 is 11.6 Å². The van der Waals surface area contributed by atoms with Crippen LogP contribution in [0.25, 0.3) is 11.1 Å². The fraction of sp³-hybridized carbons (Fsp3) is 0.381. The van der Waals surface area contributed by atoms with Gasteiger partial charge in [0.25, 0.3) is 5.91 Å². The van der Waals surface area contributed by atoms with Gasteiger partial charge in [-0.05, 0) is 56.2 Å². The number of amides is 1. The first-order valence-electron chi connectivity index (χ1n) is 9.04. The Hall–Kier alpha value is -2.24. The van der Waals surface area contributed by atoms with E-state index < -0.39 is 6.10 Å². The van der Waals surface area contributed by atoms with Crippen molar-refractivity contribution >= 4 is 17.5 Å². The zero-order valence-electron chi connectivity index (χ0n) is 15.7. The molecule has 144 valence electrons. The Morgan fingerprint density at radius 1 is 1.22 bits per heavy atom. The van der Waals surface area contributed by atoms with E-state index >= 15 is 0 Å². The molecule has 0 saturated heterocycles. The maximum atomic E-state index is 12.7. The molecule has 0 aromatic heterocycles. The molecule has 1 heterocycles. The van der Waals surface area contributed by atoms with Gasteiger partial charge in [-0.25, -0.2) is 0 Å². The summed E-state index contributed by atoms with van der Waals surface area (Å²) in [6, 6.07) is 11.0. The molecule has 1 amide bonds. The maximum absolute atomic E-state index is 12.7. The first-order chi connectivity index (χ1) is 12.8. The van der Waals surface area contributed by atoms with Crippen LogP contribution in [0.1, 0.15) is 26.3 Å². The number of fused-ring (bicyclic) bond motifs is 1. The molecule has 0 spiro atoms. The lowest BCUT2D eigenvalue weighted by Gasteiger charge is -2.25. The van der Waals surface area contributed by atoms with E-state index in [4.69, 9.17) is 21.1 Å². The van der Waals surface area contributed by atoms with E-state index in [1.165, 1.54) is 0 Å². The molecule has 0 radical (unpaired) electrons. The van der Waals surface area contributed by atoms with Crippen molar-refractivity contribution in [2.24, 2.45) is 0 Å². The number of phenols is 1. The van der Waals surface area contributed by atoms with Crippen molar-refractivity contribution in [3.8, 4) is 22.6 Å². The minimum atomic E-state index is -0.531. The predicted molar refractivity (Wildman–Crippen MR) is 105 cm³/mol. The molecule has 3 rings (SSSR count). The van der Waals surface area contributed by atoms with Gasteiger partial charge in [0.1, 0.15) is 12.7 Å². The summed E-state index contributed by atoms with van der Waals surface area (Å²) < 4.78 is 11.4. The molecule has 6 heteroatoms. The van der Waals surface area contributed by atoms with Crippen molar-refractivity contribution in [3.63, 3.8) is 0 Å². The molecular formula is C21H24ClNO4. The molecule has 1 N–H and O–H groups in total. The Morgan fingerprint density at radius 3 is 2.70 bits per heavy atom. The summed E-state index contributed by atoms with van der Waals surface area (Å²) in [6.07, 6.45) is -0.561. The van der Waals surface area contributed by atoms with Crippen molar-refractivity contribution in [2.75, 3.05) is 13.2 Å². The van der Waals surface area contributed by atoms with Crippen molar-refractivity contribution in [1.29, 1.82) is 0 Å². The molecule has 2 aromatic rings. The molecule has 0 fully saturated rings. The van der Waals surface area contributed by atoms with Crippen LogP contribution in [0.5, 0.6) is 11.5 Å². The van der Waals surface area contributed by atoms with Crippen molar-refractivity contribution in [1.82, 2.24) is 4.90 Å². The smallest absolute Gasteiger partial charge is 0.251 e. The van der Waals surface area contributed by atoms with Gasteiger partial charge in [-0.15, -0.1) is 0 Å². The van der Waals surface area contributed by atoms with E-state index in [0.29, 0.717) is 30.5 Å². The number of hydrogen-bond donors (Lipinski definition) is 1. The molecular weight excluding hydrogens is 366 g/mol. The van der Waals surface area contributed by atoms with Gasteiger partial charge in [0, 0.05) is 17.1 Å². The summed E-state index contributed by atoms with van der Waals surface area (Å²) in [5.41, 5.74) is 2.46. The summed E-state index contributed by atoms with van der Waals surface area (Å²) in [5.74, 6) is 0.393. The number of halogens is 1. The largest absolute Gasteiger partial charge is 0.504 e. The van der Waals surface area contributed by atoms with E-state index in [1.807, 2.05) is 38.1 Å². The molecule has 0 unspecified atom stereocenters. The van der Waals surface area contributed by atoms with Crippen LogP contribution in [0.15, 0.2) is 36.4 Å². The molecule has 2 aromatic carbocycles. The monoisotopic (exact) mass is 389 g/mol. The van der Waals surface area contributed by atoms with E-state index in [2.05, 4.69) is 0 Å². The minimum Gasteiger partial charge on any atom is -0.504 e. The molecule has 5 nitrogen and oxygen atoms in total. The Kier molecular flexibility index (Phi) is 5.92. The number of carbonyl (C=O) groups is 1. The third kappa shape index (κ3) is 4.54. The average Bonchev–Trinajstić information content (AvgIpc) is 2.83. The number of benzene rings is 2. The lowest BCUT2D eigenvalue weighted by Crippen LogP contribution is -2.40. The van der Waals surface area contributed by atoms with Crippen LogP contribution in [-0.4, -0.2) is 41.3 Å². The Bertz CT molecular complexity index is 837. The summed E-state index contributed by atoms with van der Waals surface area (Å²) in [4.78, 5) is 14.5. The number of nitrogens with zero attached hydrogens (tertiary/aromatic N) is 1. The minimum absolute atomic E-state index is 0.0297. The number of ether oxygens (including phenoxy) is 2. The van der Waals surface area contributed by atoms with Gasteiger partial charge in [-0.2, -0.15) is 0 Å². The summed E-state index contributed by atoms with van der Waals surface area (Å²) in [7, 11) is 0. The molecule has 0 saturated carbocycles. The summed E-state index contributed by atoms with van der Waals surface area (Å²) >= 11 is 6.09. The van der Waals surface area contributed by atoms with E-state index in [-0.39, 0.29) is 17.8 Å². The summed E-state index contributed by atoms with van der Waals surface area (Å²) in [6.45, 7) is 6.67. The standard InChI is InChI=1S/C21H24ClNO4/c1-13(2)27-14(3)21(25)23-7-8-26-20-17(12-23)9-16(11-19(20)24)15-5-4-6-18(22)10-15/h4-6,9-11,13-14,24H,7-8,12H2,1-3H3/t14-/m1/s1. The second-order valence-corrected chi connectivity index (χ2v) is 7.37. The lowest BCUT2D eigenvalue weighted by atomic mass is 10.0. The van der Waals surface area contributed by atoms with Gasteiger partial charge in [-0.1, -0.05) is 23.7 Å². The third-order valence-electron chi connectivity index (χ3n) is 4.41. The number of aromatic hydroxyl groups is 1. The first kappa shape index (κ1) is 19.5. The summed E-state index contributed by atoms with van der Waals surface area (Å²) in [5, 5.41) is 11.1. The third-order valence-corrected chi connectivity index (χ3v) is 4.64. The highest BCUT2D eigenvalue weighted by Gasteiger charge is 2.26. The Balaban J connectivity index is 1.91. The number of carbonyl (C=O) groups excluding carboxylic acids is 1. The van der Waals surface area contributed by atoms with Gasteiger partial charge in [0.15, 0.2) is 11.5 Å². The topological polar surface area (TPSA) is 59.0 Å². The molecule has 0 aliphatic carbocycles. The molecule has 0 bridgehead atoms. The molecule has 27 heavy (non-hydrogen) atoms. The van der Waals surface area contributed by atoms with E-state index in [1.54, 1.807) is 24.0 Å². The zero-order valence-corrected chi connectivity index (χ0v) is 16.5. The highest BCUT2D eigenvalue weighted by molar-refractivity contribution is 6.30. The average molecular weight is 390 g/mol. The molecule has 1 aliphatic rings. The fourth-order valence-electron chi connectivity index (χ4n) is 3.25. The molecule has 1 aliphatic heterocycles. The van der Waals surface area contributed by atoms with Crippen molar-refractivity contribution < 1.29 is 19.4 Å². The highest BCUT2D eigenvalue weighted by Crippen LogP contribution is 2.38. The van der Waals surface area contributed by atoms with E-state index in [9.17, 15) is 9.90 Å². The van der Waals surface area contributed by atoms with Crippen molar-refractivity contribution in [3.05, 3.63) is 47.0 Å².